The molecule has 0 radical (unpaired) electrons. The third-order valence-corrected chi connectivity index (χ3v) is 4.35. The molecule has 1 aliphatic carbocycles. The van der Waals surface area contributed by atoms with Gasteiger partial charge in [-0.3, -0.25) is 4.79 Å². The highest BCUT2D eigenvalue weighted by atomic mass is 16.3. The minimum absolute atomic E-state index is 0.00999. The summed E-state index contributed by atoms with van der Waals surface area (Å²) < 4.78 is 0. The first-order valence-electron chi connectivity index (χ1n) is 7.35. The lowest BCUT2D eigenvalue weighted by Crippen LogP contribution is -2.55. The number of carbonyl (C=O) groups excluding carboxylic acids is 1. The number of aliphatic hydroxyl groups is 1. The van der Waals surface area contributed by atoms with E-state index in [0.29, 0.717) is 25.4 Å². The zero-order valence-electron chi connectivity index (χ0n) is 11.6. The molecule has 2 fully saturated rings. The number of β-amino-alcohol motifs (C(OH)–C–C–N with tert-alkyl or cyclic N) is 1. The Morgan fingerprint density at radius 2 is 2.00 bits per heavy atom. The van der Waals surface area contributed by atoms with Crippen LogP contribution in [0.1, 0.15) is 52.4 Å². The standard InChI is InChI=1S/C14H26N2O2/c1-3-14(18,4-2)10-16-9-5-6-12(13(16)17)15-11-7-8-11/h11-12,15,18H,3-10H2,1-2H3. The van der Waals surface area contributed by atoms with E-state index in [-0.39, 0.29) is 11.9 Å². The molecule has 2 aliphatic rings. The quantitative estimate of drug-likeness (QED) is 0.751. The molecule has 2 rings (SSSR count). The molecular weight excluding hydrogens is 228 g/mol. The highest BCUT2D eigenvalue weighted by Crippen LogP contribution is 2.24. The average Bonchev–Trinajstić information content (AvgIpc) is 3.18. The molecular formula is C14H26N2O2. The van der Waals surface area contributed by atoms with Gasteiger partial charge in [-0.05, 0) is 38.5 Å². The molecule has 4 nitrogen and oxygen atoms in total. The van der Waals surface area contributed by atoms with Gasteiger partial charge in [0.15, 0.2) is 0 Å². The summed E-state index contributed by atoms with van der Waals surface area (Å²) in [5, 5.41) is 13.8. The fraction of sp³-hybridized carbons (Fsp3) is 0.929. The third-order valence-electron chi connectivity index (χ3n) is 4.35. The van der Waals surface area contributed by atoms with Gasteiger partial charge in [0, 0.05) is 19.1 Å². The lowest BCUT2D eigenvalue weighted by Gasteiger charge is -2.38. The summed E-state index contributed by atoms with van der Waals surface area (Å²) >= 11 is 0. The van der Waals surface area contributed by atoms with Crippen LogP contribution in [0.3, 0.4) is 0 Å². The number of hydrogen-bond acceptors (Lipinski definition) is 3. The summed E-state index contributed by atoms with van der Waals surface area (Å²) in [6.45, 7) is 5.25. The second-order valence-electron chi connectivity index (χ2n) is 5.83. The fourth-order valence-corrected chi connectivity index (χ4v) is 2.62. The fourth-order valence-electron chi connectivity index (χ4n) is 2.62. The Morgan fingerprint density at radius 1 is 1.33 bits per heavy atom. The van der Waals surface area contributed by atoms with Crippen molar-refractivity contribution in [2.75, 3.05) is 13.1 Å². The Bertz CT molecular complexity index is 298. The molecule has 1 amide bonds. The van der Waals surface area contributed by atoms with E-state index in [9.17, 15) is 9.90 Å². The first-order chi connectivity index (χ1) is 8.58. The van der Waals surface area contributed by atoms with Gasteiger partial charge in [-0.15, -0.1) is 0 Å². The molecule has 0 aromatic rings. The molecule has 2 N–H and O–H groups in total. The van der Waals surface area contributed by atoms with Gasteiger partial charge in [-0.1, -0.05) is 13.8 Å². The minimum atomic E-state index is -0.711. The van der Waals surface area contributed by atoms with Crippen LogP contribution in [0.2, 0.25) is 0 Å². The molecule has 1 heterocycles. The van der Waals surface area contributed by atoms with E-state index >= 15 is 0 Å². The Balaban J connectivity index is 1.92. The largest absolute Gasteiger partial charge is 0.388 e. The van der Waals surface area contributed by atoms with Crippen molar-refractivity contribution in [1.82, 2.24) is 10.2 Å². The van der Waals surface area contributed by atoms with Crippen LogP contribution in [0.4, 0.5) is 0 Å². The topological polar surface area (TPSA) is 52.6 Å². The van der Waals surface area contributed by atoms with Crippen molar-refractivity contribution in [3.05, 3.63) is 0 Å². The Morgan fingerprint density at radius 3 is 2.56 bits per heavy atom. The van der Waals surface area contributed by atoms with Gasteiger partial charge in [0.2, 0.25) is 5.91 Å². The number of piperidine rings is 1. The van der Waals surface area contributed by atoms with Crippen molar-refractivity contribution in [3.8, 4) is 0 Å². The first-order valence-corrected chi connectivity index (χ1v) is 7.35. The summed E-state index contributed by atoms with van der Waals surface area (Å²) in [7, 11) is 0. The number of amides is 1. The molecule has 4 heteroatoms. The monoisotopic (exact) mass is 254 g/mol. The Hall–Kier alpha value is -0.610. The smallest absolute Gasteiger partial charge is 0.239 e. The van der Waals surface area contributed by atoms with Crippen LogP contribution < -0.4 is 5.32 Å². The van der Waals surface area contributed by atoms with E-state index < -0.39 is 5.60 Å². The maximum atomic E-state index is 12.4. The van der Waals surface area contributed by atoms with Crippen molar-refractivity contribution in [3.63, 3.8) is 0 Å². The lowest BCUT2D eigenvalue weighted by atomic mass is 9.94. The molecule has 0 spiro atoms. The molecule has 1 unspecified atom stereocenters. The number of nitrogens with one attached hydrogen (secondary N) is 1. The molecule has 1 atom stereocenters. The number of rotatable bonds is 6. The summed E-state index contributed by atoms with van der Waals surface area (Å²) in [5.41, 5.74) is -0.711. The Kier molecular flexibility index (Phi) is 4.28. The maximum Gasteiger partial charge on any atom is 0.239 e. The maximum absolute atomic E-state index is 12.4. The van der Waals surface area contributed by atoms with Crippen LogP contribution in [0, 0.1) is 0 Å². The highest BCUT2D eigenvalue weighted by molar-refractivity contribution is 5.82. The molecule has 1 saturated carbocycles. The van der Waals surface area contributed by atoms with Gasteiger partial charge in [0.1, 0.15) is 0 Å². The summed E-state index contributed by atoms with van der Waals surface area (Å²) in [6, 6.07) is 0.555. The van der Waals surface area contributed by atoms with E-state index in [1.54, 1.807) is 0 Å². The minimum Gasteiger partial charge on any atom is -0.388 e. The van der Waals surface area contributed by atoms with E-state index in [1.807, 2.05) is 18.7 Å². The normalized spacial score (nSPS) is 25.6. The van der Waals surface area contributed by atoms with E-state index in [0.717, 1.165) is 19.4 Å². The summed E-state index contributed by atoms with van der Waals surface area (Å²) in [6.07, 6.45) is 5.80. The Labute approximate surface area is 110 Å². The molecule has 18 heavy (non-hydrogen) atoms. The van der Waals surface area contributed by atoms with Crippen LogP contribution in [-0.4, -0.2) is 46.7 Å². The van der Waals surface area contributed by atoms with Crippen molar-refractivity contribution < 1.29 is 9.90 Å². The van der Waals surface area contributed by atoms with Crippen LogP contribution >= 0.6 is 0 Å². The van der Waals surface area contributed by atoms with Crippen LogP contribution in [0.25, 0.3) is 0 Å². The van der Waals surface area contributed by atoms with Crippen LogP contribution in [-0.2, 0) is 4.79 Å². The molecule has 0 aromatic carbocycles. The van der Waals surface area contributed by atoms with Crippen molar-refractivity contribution in [1.29, 1.82) is 0 Å². The predicted octanol–water partition coefficient (Wildman–Crippen LogP) is 1.28. The second-order valence-corrected chi connectivity index (χ2v) is 5.83. The lowest BCUT2D eigenvalue weighted by molar-refractivity contribution is -0.140. The predicted molar refractivity (Wildman–Crippen MR) is 71.3 cm³/mol. The summed E-state index contributed by atoms with van der Waals surface area (Å²) in [5.74, 6) is 0.188. The van der Waals surface area contributed by atoms with Crippen LogP contribution in [0.5, 0.6) is 0 Å². The van der Waals surface area contributed by atoms with Crippen molar-refractivity contribution in [2.24, 2.45) is 0 Å². The number of carbonyl (C=O) groups is 1. The average molecular weight is 254 g/mol. The number of hydrogen-bond donors (Lipinski definition) is 2. The van der Waals surface area contributed by atoms with E-state index in [4.69, 9.17) is 0 Å². The molecule has 1 saturated heterocycles. The molecule has 0 aromatic heterocycles. The highest BCUT2D eigenvalue weighted by Gasteiger charge is 2.36. The van der Waals surface area contributed by atoms with E-state index in [1.165, 1.54) is 12.8 Å². The molecule has 1 aliphatic heterocycles. The third kappa shape index (κ3) is 3.23. The van der Waals surface area contributed by atoms with Crippen molar-refractivity contribution >= 4 is 5.91 Å². The molecule has 104 valence electrons. The van der Waals surface area contributed by atoms with Gasteiger partial charge >= 0.3 is 0 Å². The second kappa shape index (κ2) is 5.57. The molecule has 0 bridgehead atoms. The van der Waals surface area contributed by atoms with Gasteiger partial charge in [-0.2, -0.15) is 0 Å². The summed E-state index contributed by atoms with van der Waals surface area (Å²) in [4.78, 5) is 14.2. The van der Waals surface area contributed by atoms with Gasteiger partial charge in [0.05, 0.1) is 11.6 Å². The van der Waals surface area contributed by atoms with Crippen LogP contribution in [0.15, 0.2) is 0 Å². The van der Waals surface area contributed by atoms with Gasteiger partial charge in [0.25, 0.3) is 0 Å². The zero-order valence-corrected chi connectivity index (χ0v) is 11.6. The van der Waals surface area contributed by atoms with E-state index in [2.05, 4.69) is 5.32 Å². The number of likely N-dealkylation sites (tertiary alicyclic amines) is 1. The van der Waals surface area contributed by atoms with Gasteiger partial charge < -0.3 is 15.3 Å². The van der Waals surface area contributed by atoms with Crippen molar-refractivity contribution in [2.45, 2.75) is 70.1 Å². The SMILES string of the molecule is CCC(O)(CC)CN1CCCC(NC2CC2)C1=O. The zero-order chi connectivity index (χ0) is 13.2. The first kappa shape index (κ1) is 13.8. The van der Waals surface area contributed by atoms with Gasteiger partial charge in [-0.25, -0.2) is 0 Å². The number of nitrogens with zero attached hydrogens (tertiary/aromatic N) is 1.